The minimum atomic E-state index is -0.835. The van der Waals surface area contributed by atoms with E-state index in [1.165, 1.54) is 10.8 Å². The fourth-order valence-electron chi connectivity index (χ4n) is 2.95. The van der Waals surface area contributed by atoms with Gasteiger partial charge in [-0.2, -0.15) is 0 Å². The van der Waals surface area contributed by atoms with Crippen molar-refractivity contribution in [1.82, 2.24) is 14.9 Å². The number of nitrogens with zero attached hydrogens (tertiary/aromatic N) is 2. The van der Waals surface area contributed by atoms with Crippen molar-refractivity contribution >= 4 is 22.9 Å². The Labute approximate surface area is 162 Å². The van der Waals surface area contributed by atoms with E-state index in [1.54, 1.807) is 31.2 Å². The number of carbonyl (C=O) groups excluding carboxylic acids is 2. The first-order chi connectivity index (χ1) is 13.6. The number of ether oxygens (including phenoxy) is 1. The molecule has 0 aliphatic carbocycles. The fraction of sp³-hybridized carbons (Fsp3) is 0.238. The van der Waals surface area contributed by atoms with Gasteiger partial charge in [-0.05, 0) is 24.6 Å². The van der Waals surface area contributed by atoms with Gasteiger partial charge in [0.15, 0.2) is 0 Å². The number of aromatic nitrogens is 2. The van der Waals surface area contributed by atoms with E-state index in [9.17, 15) is 14.4 Å². The average Bonchev–Trinajstić information content (AvgIpc) is 2.70. The third-order valence-corrected chi connectivity index (χ3v) is 4.24. The smallest absolute Gasteiger partial charge is 0.328 e. The second kappa shape index (κ2) is 8.94. The topological polar surface area (TPSA) is 90.3 Å². The summed E-state index contributed by atoms with van der Waals surface area (Å²) < 4.78 is 6.42. The van der Waals surface area contributed by atoms with Crippen molar-refractivity contribution in [1.29, 1.82) is 0 Å². The van der Waals surface area contributed by atoms with Gasteiger partial charge in [-0.25, -0.2) is 9.78 Å². The molecule has 0 saturated heterocycles. The summed E-state index contributed by atoms with van der Waals surface area (Å²) in [6.07, 6.45) is 1.49. The maximum Gasteiger partial charge on any atom is 0.328 e. The first kappa shape index (κ1) is 19.3. The summed E-state index contributed by atoms with van der Waals surface area (Å²) in [5, 5.41) is 2.70. The molecule has 7 heteroatoms. The lowest BCUT2D eigenvalue weighted by molar-refractivity contribution is -0.147. The van der Waals surface area contributed by atoms with Gasteiger partial charge in [0.05, 0.1) is 23.8 Å². The number of carbonyl (C=O) groups is 2. The molecule has 3 aromatic rings. The molecular weight excluding hydrogens is 358 g/mol. The number of amides is 1. The van der Waals surface area contributed by atoms with Crippen LogP contribution < -0.4 is 10.9 Å². The molecule has 0 aliphatic heterocycles. The fourth-order valence-corrected chi connectivity index (χ4v) is 2.95. The van der Waals surface area contributed by atoms with E-state index in [0.717, 1.165) is 5.56 Å². The van der Waals surface area contributed by atoms with Crippen LogP contribution in [0.2, 0.25) is 0 Å². The summed E-state index contributed by atoms with van der Waals surface area (Å²) in [4.78, 5) is 41.2. The number of para-hydroxylation sites is 2. The van der Waals surface area contributed by atoms with Gasteiger partial charge in [-0.15, -0.1) is 0 Å². The van der Waals surface area contributed by atoms with Crippen molar-refractivity contribution in [2.24, 2.45) is 0 Å². The summed E-state index contributed by atoms with van der Waals surface area (Å²) >= 11 is 0. The molecule has 3 rings (SSSR count). The molecule has 0 spiro atoms. The van der Waals surface area contributed by atoms with Gasteiger partial charge in [0.1, 0.15) is 12.6 Å². The normalized spacial score (nSPS) is 11.8. The molecule has 0 radical (unpaired) electrons. The molecule has 1 N–H and O–H groups in total. The molecule has 28 heavy (non-hydrogen) atoms. The largest absolute Gasteiger partial charge is 0.464 e. The van der Waals surface area contributed by atoms with Gasteiger partial charge < -0.3 is 10.1 Å². The van der Waals surface area contributed by atoms with Crippen LogP contribution in [-0.4, -0.2) is 34.1 Å². The van der Waals surface area contributed by atoms with Crippen molar-refractivity contribution in [3.63, 3.8) is 0 Å². The Balaban J connectivity index is 1.80. The molecule has 1 heterocycles. The molecule has 2 aromatic carbocycles. The molecule has 0 bridgehead atoms. The van der Waals surface area contributed by atoms with E-state index >= 15 is 0 Å². The Morgan fingerprint density at radius 3 is 2.57 bits per heavy atom. The minimum absolute atomic E-state index is 0.216. The van der Waals surface area contributed by atoms with Gasteiger partial charge in [0.2, 0.25) is 5.91 Å². The first-order valence-electron chi connectivity index (χ1n) is 9.03. The summed E-state index contributed by atoms with van der Waals surface area (Å²) in [7, 11) is 0. The molecule has 0 aliphatic rings. The lowest BCUT2D eigenvalue weighted by Crippen LogP contribution is -2.45. The highest BCUT2D eigenvalue weighted by Gasteiger charge is 2.23. The second-order valence-corrected chi connectivity index (χ2v) is 6.23. The third-order valence-electron chi connectivity index (χ3n) is 4.24. The highest BCUT2D eigenvalue weighted by atomic mass is 16.5. The van der Waals surface area contributed by atoms with Gasteiger partial charge in [0.25, 0.3) is 5.56 Å². The zero-order chi connectivity index (χ0) is 19.9. The van der Waals surface area contributed by atoms with E-state index in [0.29, 0.717) is 17.5 Å². The van der Waals surface area contributed by atoms with Crippen molar-refractivity contribution < 1.29 is 14.3 Å². The van der Waals surface area contributed by atoms with Crippen molar-refractivity contribution in [3.05, 3.63) is 76.7 Å². The Morgan fingerprint density at radius 1 is 1.11 bits per heavy atom. The monoisotopic (exact) mass is 379 g/mol. The Bertz CT molecular complexity index is 1030. The van der Waals surface area contributed by atoms with Gasteiger partial charge in [-0.1, -0.05) is 42.5 Å². The summed E-state index contributed by atoms with van der Waals surface area (Å²) in [6, 6.07) is 15.6. The van der Waals surface area contributed by atoms with Crippen LogP contribution in [0.4, 0.5) is 0 Å². The molecule has 1 amide bonds. The highest BCUT2D eigenvalue weighted by Crippen LogP contribution is 2.09. The number of esters is 1. The maximum absolute atomic E-state index is 12.6. The van der Waals surface area contributed by atoms with Crippen LogP contribution in [0, 0.1) is 0 Å². The second-order valence-electron chi connectivity index (χ2n) is 6.23. The standard InChI is InChI=1S/C21H21N3O4/c1-2-28-21(27)17(12-15-8-4-3-5-9-15)23-19(25)14-24-18-11-7-6-10-16(18)22-13-20(24)26/h3-11,13,17H,2,12,14H2,1H3,(H,23,25). The van der Waals surface area contributed by atoms with Crippen molar-refractivity contribution in [3.8, 4) is 0 Å². The van der Waals surface area contributed by atoms with Crippen LogP contribution in [0.1, 0.15) is 12.5 Å². The maximum atomic E-state index is 12.6. The van der Waals surface area contributed by atoms with Gasteiger partial charge >= 0.3 is 5.97 Å². The molecular formula is C21H21N3O4. The third kappa shape index (κ3) is 4.62. The Kier molecular flexibility index (Phi) is 6.16. The molecule has 7 nitrogen and oxygen atoms in total. The van der Waals surface area contributed by atoms with E-state index in [-0.39, 0.29) is 18.7 Å². The number of rotatable bonds is 7. The summed E-state index contributed by atoms with van der Waals surface area (Å²) in [6.45, 7) is 1.71. The lowest BCUT2D eigenvalue weighted by Gasteiger charge is -2.18. The molecule has 1 atom stereocenters. The average molecular weight is 379 g/mol. The van der Waals surface area contributed by atoms with Crippen LogP contribution in [0.5, 0.6) is 0 Å². The predicted molar refractivity (Wildman–Crippen MR) is 105 cm³/mol. The predicted octanol–water partition coefficient (Wildman–Crippen LogP) is 1.69. The van der Waals surface area contributed by atoms with Crippen LogP contribution in [0.3, 0.4) is 0 Å². The first-order valence-corrected chi connectivity index (χ1v) is 9.03. The zero-order valence-electron chi connectivity index (χ0n) is 15.5. The molecule has 0 saturated carbocycles. The molecule has 1 unspecified atom stereocenters. The highest BCUT2D eigenvalue weighted by molar-refractivity contribution is 5.85. The van der Waals surface area contributed by atoms with Crippen LogP contribution in [-0.2, 0) is 27.3 Å². The van der Waals surface area contributed by atoms with Gasteiger partial charge in [0, 0.05) is 6.42 Å². The van der Waals surface area contributed by atoms with E-state index in [4.69, 9.17) is 4.74 Å². The van der Waals surface area contributed by atoms with E-state index in [2.05, 4.69) is 10.3 Å². The van der Waals surface area contributed by atoms with E-state index in [1.807, 2.05) is 30.3 Å². The van der Waals surface area contributed by atoms with Crippen molar-refractivity contribution in [2.45, 2.75) is 25.9 Å². The number of hydrogen-bond acceptors (Lipinski definition) is 5. The Morgan fingerprint density at radius 2 is 1.82 bits per heavy atom. The zero-order valence-corrected chi connectivity index (χ0v) is 15.5. The van der Waals surface area contributed by atoms with Crippen LogP contribution >= 0.6 is 0 Å². The summed E-state index contributed by atoms with van der Waals surface area (Å²) in [5.41, 5.74) is 1.68. The minimum Gasteiger partial charge on any atom is -0.464 e. The van der Waals surface area contributed by atoms with E-state index < -0.39 is 17.9 Å². The Hall–Kier alpha value is -3.48. The number of benzene rings is 2. The SMILES string of the molecule is CCOC(=O)C(Cc1ccccc1)NC(=O)Cn1c(=O)cnc2ccccc21. The van der Waals surface area contributed by atoms with Crippen LogP contribution in [0.25, 0.3) is 11.0 Å². The lowest BCUT2D eigenvalue weighted by atomic mass is 10.1. The molecule has 1 aromatic heterocycles. The van der Waals surface area contributed by atoms with Gasteiger partial charge in [-0.3, -0.25) is 14.2 Å². The van der Waals surface area contributed by atoms with Crippen molar-refractivity contribution in [2.75, 3.05) is 6.61 Å². The molecule has 144 valence electrons. The number of fused-ring (bicyclic) bond motifs is 1. The van der Waals surface area contributed by atoms with Crippen LogP contribution in [0.15, 0.2) is 65.6 Å². The number of nitrogens with one attached hydrogen (secondary N) is 1. The number of hydrogen-bond donors (Lipinski definition) is 1. The molecule has 0 fully saturated rings. The quantitative estimate of drug-likeness (QED) is 0.631. The summed E-state index contributed by atoms with van der Waals surface area (Å²) in [5.74, 6) is -0.959.